The lowest BCUT2D eigenvalue weighted by Gasteiger charge is -2.14. The molecular weight excluding hydrogens is 276 g/mol. The molecule has 2 aromatic rings. The molecule has 3 nitrogen and oxygen atoms in total. The Labute approximate surface area is 121 Å². The number of rotatable bonds is 6. The fourth-order valence-electron chi connectivity index (χ4n) is 2.40. The molecule has 1 N–H and O–H groups in total. The average molecular weight is 294 g/mol. The smallest absolute Gasteiger partial charge is 0.115 e. The second kappa shape index (κ2) is 6.13. The molecule has 2 heterocycles. The van der Waals surface area contributed by atoms with E-state index < -0.39 is 0 Å². The molecule has 1 atom stereocenters. The van der Waals surface area contributed by atoms with Crippen LogP contribution in [-0.4, -0.2) is 25.2 Å². The minimum Gasteiger partial charge on any atom is -0.383 e. The number of thiophene rings is 1. The van der Waals surface area contributed by atoms with Crippen LogP contribution in [0.1, 0.15) is 32.9 Å². The highest BCUT2D eigenvalue weighted by atomic mass is 32.1. The fraction of sp³-hybridized carbons (Fsp3) is 0.500. The van der Waals surface area contributed by atoms with Gasteiger partial charge in [-0.3, -0.25) is 0 Å². The lowest BCUT2D eigenvalue weighted by Crippen LogP contribution is -2.25. The summed E-state index contributed by atoms with van der Waals surface area (Å²) < 4.78 is 5.13. The van der Waals surface area contributed by atoms with Crippen LogP contribution in [0, 0.1) is 0 Å². The Morgan fingerprint density at radius 1 is 1.47 bits per heavy atom. The van der Waals surface area contributed by atoms with Gasteiger partial charge in [0.25, 0.3) is 0 Å². The number of nitrogens with one attached hydrogen (secondary N) is 1. The first-order valence-corrected chi connectivity index (χ1v) is 8.32. The van der Waals surface area contributed by atoms with Crippen LogP contribution in [0.5, 0.6) is 0 Å². The van der Waals surface area contributed by atoms with Gasteiger partial charge in [-0.1, -0.05) is 6.07 Å². The Hall–Kier alpha value is -0.750. The van der Waals surface area contributed by atoms with E-state index in [-0.39, 0.29) is 6.04 Å². The van der Waals surface area contributed by atoms with Crippen molar-refractivity contribution in [2.75, 3.05) is 20.3 Å². The van der Waals surface area contributed by atoms with E-state index in [1.54, 1.807) is 18.4 Å². The minimum absolute atomic E-state index is 0.228. The summed E-state index contributed by atoms with van der Waals surface area (Å²) in [4.78, 5) is 7.68. The van der Waals surface area contributed by atoms with Crippen LogP contribution < -0.4 is 5.32 Å². The molecule has 0 saturated carbocycles. The van der Waals surface area contributed by atoms with E-state index in [4.69, 9.17) is 9.72 Å². The summed E-state index contributed by atoms with van der Waals surface area (Å²) in [6.07, 6.45) is 3.64. The molecule has 0 saturated heterocycles. The predicted octanol–water partition coefficient (Wildman–Crippen LogP) is 3.02. The number of hydrogen-bond acceptors (Lipinski definition) is 5. The molecule has 19 heavy (non-hydrogen) atoms. The molecule has 1 aliphatic rings. The third kappa shape index (κ3) is 2.89. The van der Waals surface area contributed by atoms with Gasteiger partial charge >= 0.3 is 0 Å². The lowest BCUT2D eigenvalue weighted by molar-refractivity contribution is 0.197. The van der Waals surface area contributed by atoms with E-state index in [0.717, 1.165) is 19.6 Å². The fourth-order valence-corrected chi connectivity index (χ4v) is 4.53. The van der Waals surface area contributed by atoms with Crippen LogP contribution in [-0.2, 0) is 17.6 Å². The van der Waals surface area contributed by atoms with Crippen molar-refractivity contribution in [3.63, 3.8) is 0 Å². The van der Waals surface area contributed by atoms with Crippen molar-refractivity contribution in [3.05, 3.63) is 38.0 Å². The molecular formula is C14H18N2OS2. The zero-order valence-corrected chi connectivity index (χ0v) is 12.6. The Balaban J connectivity index is 1.81. The van der Waals surface area contributed by atoms with Crippen LogP contribution in [0.15, 0.2) is 17.5 Å². The van der Waals surface area contributed by atoms with Crippen LogP contribution in [0.25, 0.3) is 0 Å². The van der Waals surface area contributed by atoms with E-state index in [9.17, 15) is 0 Å². The van der Waals surface area contributed by atoms with Crippen LogP contribution in [0.3, 0.4) is 0 Å². The molecule has 1 unspecified atom stereocenters. The zero-order chi connectivity index (χ0) is 13.1. The molecule has 0 aromatic carbocycles. The van der Waals surface area contributed by atoms with E-state index in [1.165, 1.54) is 33.3 Å². The molecule has 0 fully saturated rings. The van der Waals surface area contributed by atoms with Gasteiger partial charge in [-0.2, -0.15) is 0 Å². The highest BCUT2D eigenvalue weighted by Crippen LogP contribution is 2.34. The largest absolute Gasteiger partial charge is 0.383 e. The van der Waals surface area contributed by atoms with Gasteiger partial charge in [0, 0.05) is 23.4 Å². The molecule has 1 aliphatic carbocycles. The Kier molecular flexibility index (Phi) is 4.28. The molecule has 5 heteroatoms. The van der Waals surface area contributed by atoms with Gasteiger partial charge in [-0.25, -0.2) is 4.98 Å². The summed E-state index contributed by atoms with van der Waals surface area (Å²) in [5.74, 6) is 0. The summed E-state index contributed by atoms with van der Waals surface area (Å²) in [6, 6.07) is 4.51. The predicted molar refractivity (Wildman–Crippen MR) is 80.2 cm³/mol. The number of methoxy groups -OCH3 is 1. The van der Waals surface area contributed by atoms with E-state index in [2.05, 4.69) is 22.8 Å². The van der Waals surface area contributed by atoms with E-state index in [0.29, 0.717) is 0 Å². The van der Waals surface area contributed by atoms with E-state index in [1.807, 2.05) is 11.3 Å². The second-order valence-corrected chi connectivity index (χ2v) is 6.77. The molecule has 0 bridgehead atoms. The Bertz CT molecular complexity index is 500. The van der Waals surface area contributed by atoms with Crippen molar-refractivity contribution >= 4 is 22.7 Å². The van der Waals surface area contributed by atoms with Crippen molar-refractivity contribution in [1.82, 2.24) is 10.3 Å². The number of thiazole rings is 1. The lowest BCUT2D eigenvalue weighted by atomic mass is 10.2. The van der Waals surface area contributed by atoms with E-state index >= 15 is 0 Å². The third-order valence-corrected chi connectivity index (χ3v) is 5.50. The SMILES string of the molecule is COCCNC(c1cccs1)c1nc2c(s1)CCC2. The van der Waals surface area contributed by atoms with Gasteiger partial charge < -0.3 is 10.1 Å². The van der Waals surface area contributed by atoms with Crippen molar-refractivity contribution in [2.24, 2.45) is 0 Å². The molecule has 0 amide bonds. The third-order valence-electron chi connectivity index (χ3n) is 3.34. The minimum atomic E-state index is 0.228. The normalized spacial score (nSPS) is 15.6. The average Bonchev–Trinajstić information content (AvgIpc) is 3.10. The molecule has 2 aromatic heterocycles. The van der Waals surface area contributed by atoms with Crippen LogP contribution in [0.2, 0.25) is 0 Å². The van der Waals surface area contributed by atoms with Gasteiger partial charge in [0.05, 0.1) is 18.3 Å². The number of aryl methyl sites for hydroxylation is 2. The highest BCUT2D eigenvalue weighted by molar-refractivity contribution is 7.12. The first kappa shape index (κ1) is 13.2. The number of ether oxygens (including phenoxy) is 1. The van der Waals surface area contributed by atoms with Gasteiger partial charge in [-0.15, -0.1) is 22.7 Å². The number of hydrogen-bond donors (Lipinski definition) is 1. The second-order valence-electron chi connectivity index (χ2n) is 4.67. The molecule has 0 radical (unpaired) electrons. The summed E-state index contributed by atoms with van der Waals surface area (Å²) in [6.45, 7) is 1.58. The Morgan fingerprint density at radius 3 is 3.16 bits per heavy atom. The number of fused-ring (bicyclic) bond motifs is 1. The number of nitrogens with zero attached hydrogens (tertiary/aromatic N) is 1. The Morgan fingerprint density at radius 2 is 2.42 bits per heavy atom. The highest BCUT2D eigenvalue weighted by Gasteiger charge is 2.23. The van der Waals surface area contributed by atoms with Gasteiger partial charge in [0.2, 0.25) is 0 Å². The summed E-state index contributed by atoms with van der Waals surface area (Å²) in [7, 11) is 1.74. The summed E-state index contributed by atoms with van der Waals surface area (Å²) in [5, 5.41) is 6.90. The first-order chi connectivity index (χ1) is 9.38. The molecule has 0 aliphatic heterocycles. The van der Waals surface area contributed by atoms with Gasteiger partial charge in [0.15, 0.2) is 0 Å². The van der Waals surface area contributed by atoms with Crippen molar-refractivity contribution in [3.8, 4) is 0 Å². The monoisotopic (exact) mass is 294 g/mol. The molecule has 3 rings (SSSR count). The number of aromatic nitrogens is 1. The molecule has 0 spiro atoms. The van der Waals surface area contributed by atoms with Crippen molar-refractivity contribution in [1.29, 1.82) is 0 Å². The topological polar surface area (TPSA) is 34.1 Å². The van der Waals surface area contributed by atoms with Crippen molar-refractivity contribution in [2.45, 2.75) is 25.3 Å². The maximum absolute atomic E-state index is 5.13. The first-order valence-electron chi connectivity index (χ1n) is 6.62. The zero-order valence-electron chi connectivity index (χ0n) is 11.0. The van der Waals surface area contributed by atoms with Crippen LogP contribution >= 0.6 is 22.7 Å². The maximum Gasteiger partial charge on any atom is 0.115 e. The van der Waals surface area contributed by atoms with Gasteiger partial charge in [-0.05, 0) is 30.7 Å². The quantitative estimate of drug-likeness (QED) is 0.832. The maximum atomic E-state index is 5.13. The van der Waals surface area contributed by atoms with Crippen LogP contribution in [0.4, 0.5) is 0 Å². The van der Waals surface area contributed by atoms with Crippen molar-refractivity contribution < 1.29 is 4.74 Å². The standard InChI is InChI=1S/C14H18N2OS2/c1-17-8-7-15-13(12-6-3-9-18-12)14-16-10-4-2-5-11(10)19-14/h3,6,9,13,15H,2,4-5,7-8H2,1H3. The summed E-state index contributed by atoms with van der Waals surface area (Å²) in [5.41, 5.74) is 1.33. The van der Waals surface area contributed by atoms with Gasteiger partial charge in [0.1, 0.15) is 5.01 Å². The summed E-state index contributed by atoms with van der Waals surface area (Å²) >= 11 is 3.67. The molecule has 102 valence electrons.